The van der Waals surface area contributed by atoms with Gasteiger partial charge in [-0.05, 0) is 12.1 Å². The van der Waals surface area contributed by atoms with Crippen molar-refractivity contribution in [2.24, 2.45) is 0 Å². The summed E-state index contributed by atoms with van der Waals surface area (Å²) in [5, 5.41) is 0.731. The molecule has 0 radical (unpaired) electrons. The largest absolute Gasteiger partial charge is 0.265 e. The Morgan fingerprint density at radius 1 is 1.22 bits per heavy atom. The third-order valence-electron chi connectivity index (χ3n) is 0.640. The van der Waals surface area contributed by atoms with Crippen molar-refractivity contribution < 1.29 is 0 Å². The maximum absolute atomic E-state index is 5.50. The maximum Gasteiger partial charge on any atom is 0.0436 e. The highest BCUT2D eigenvalue weighted by Crippen LogP contribution is 2.01. The zero-order valence-corrected chi connectivity index (χ0v) is 6.39. The monoisotopic (exact) mass is 143 g/mol. The molecule has 1 aromatic heterocycles. The molecule has 1 aromatic rings. The third-order valence-corrected chi connectivity index (χ3v) is 0.892. The van der Waals surface area contributed by atoms with E-state index in [9.17, 15) is 0 Å². The lowest BCUT2D eigenvalue weighted by molar-refractivity contribution is 1.33. The minimum Gasteiger partial charge on any atom is -0.265 e. The predicted molar refractivity (Wildman–Crippen MR) is 40.6 cm³/mol. The molecule has 0 saturated heterocycles. The quantitative estimate of drug-likeness (QED) is 0.544. The second-order valence-corrected chi connectivity index (χ2v) is 1.60. The number of hydrogen-bond acceptors (Lipinski definition) is 1. The molecule has 0 unspecified atom stereocenters. The normalized spacial score (nSPS) is 7.44. The molecule has 0 aromatic carbocycles. The summed E-state index contributed by atoms with van der Waals surface area (Å²) >= 11 is 5.50. The molecule has 0 N–H and O–H groups in total. The molecule has 1 nitrogen and oxygen atoms in total. The summed E-state index contributed by atoms with van der Waals surface area (Å²) in [6.07, 6.45) is 3.31. The van der Waals surface area contributed by atoms with Crippen molar-refractivity contribution >= 4 is 11.6 Å². The van der Waals surface area contributed by atoms with Crippen molar-refractivity contribution in [2.45, 2.75) is 13.8 Å². The van der Waals surface area contributed by atoms with Crippen molar-refractivity contribution in [2.75, 3.05) is 0 Å². The molecular formula is C7H10ClN. The third kappa shape index (κ3) is 3.98. The number of nitrogens with zero attached hydrogens (tertiary/aromatic N) is 1. The van der Waals surface area contributed by atoms with Crippen molar-refractivity contribution in [1.29, 1.82) is 0 Å². The van der Waals surface area contributed by atoms with Gasteiger partial charge in [0.2, 0.25) is 0 Å². The van der Waals surface area contributed by atoms with Crippen LogP contribution in [0.15, 0.2) is 24.5 Å². The lowest BCUT2D eigenvalue weighted by Crippen LogP contribution is -1.63. The van der Waals surface area contributed by atoms with Gasteiger partial charge >= 0.3 is 0 Å². The molecule has 2 heteroatoms. The summed E-state index contributed by atoms with van der Waals surface area (Å²) in [6.45, 7) is 4.00. The maximum atomic E-state index is 5.50. The fraction of sp³-hybridized carbons (Fsp3) is 0.286. The van der Waals surface area contributed by atoms with E-state index in [1.807, 2.05) is 13.8 Å². The Labute approximate surface area is 60.7 Å². The van der Waals surface area contributed by atoms with Crippen LogP contribution in [0.3, 0.4) is 0 Å². The molecule has 0 aliphatic carbocycles. The SMILES string of the molecule is CC.Clc1ccncc1. The molecule has 0 aliphatic heterocycles. The molecule has 0 bridgehead atoms. The Bertz CT molecular complexity index is 139. The second-order valence-electron chi connectivity index (χ2n) is 1.17. The van der Waals surface area contributed by atoms with Crippen molar-refractivity contribution in [3.8, 4) is 0 Å². The average molecular weight is 144 g/mol. The molecule has 0 aliphatic rings. The van der Waals surface area contributed by atoms with Crippen LogP contribution in [0.1, 0.15) is 13.8 Å². The van der Waals surface area contributed by atoms with Crippen LogP contribution in [0.5, 0.6) is 0 Å². The molecule has 0 fully saturated rings. The first-order chi connectivity index (χ1) is 4.39. The number of halogens is 1. The van der Waals surface area contributed by atoms with E-state index in [2.05, 4.69) is 4.98 Å². The molecular weight excluding hydrogens is 134 g/mol. The Hall–Kier alpha value is -0.560. The molecule has 0 amide bonds. The standard InChI is InChI=1S/C5H4ClN.C2H6/c6-5-1-3-7-4-2-5;1-2/h1-4H;1-2H3. The summed E-state index contributed by atoms with van der Waals surface area (Å²) in [4.78, 5) is 3.76. The molecule has 1 heterocycles. The molecule has 1 rings (SSSR count). The predicted octanol–water partition coefficient (Wildman–Crippen LogP) is 2.76. The zero-order valence-electron chi connectivity index (χ0n) is 5.63. The summed E-state index contributed by atoms with van der Waals surface area (Å²) < 4.78 is 0. The van der Waals surface area contributed by atoms with E-state index in [0.717, 1.165) is 5.02 Å². The van der Waals surface area contributed by atoms with E-state index < -0.39 is 0 Å². The fourth-order valence-corrected chi connectivity index (χ4v) is 0.446. The highest BCUT2D eigenvalue weighted by molar-refractivity contribution is 6.30. The Morgan fingerprint density at radius 2 is 1.67 bits per heavy atom. The Balaban J connectivity index is 0.000000291. The topological polar surface area (TPSA) is 12.9 Å². The van der Waals surface area contributed by atoms with Gasteiger partial charge in [-0.1, -0.05) is 25.4 Å². The van der Waals surface area contributed by atoms with Gasteiger partial charge in [-0.2, -0.15) is 0 Å². The van der Waals surface area contributed by atoms with Crippen molar-refractivity contribution in [3.05, 3.63) is 29.5 Å². The van der Waals surface area contributed by atoms with E-state index in [-0.39, 0.29) is 0 Å². The number of hydrogen-bond donors (Lipinski definition) is 0. The molecule has 50 valence electrons. The Kier molecular flexibility index (Phi) is 5.23. The second kappa shape index (κ2) is 5.57. The van der Waals surface area contributed by atoms with Crippen LogP contribution in [0, 0.1) is 0 Å². The summed E-state index contributed by atoms with van der Waals surface area (Å²) in [5.74, 6) is 0. The first kappa shape index (κ1) is 8.44. The lowest BCUT2D eigenvalue weighted by Gasteiger charge is -1.79. The van der Waals surface area contributed by atoms with Crippen LogP contribution in [0.4, 0.5) is 0 Å². The number of pyridine rings is 1. The minimum absolute atomic E-state index is 0.731. The minimum atomic E-state index is 0.731. The van der Waals surface area contributed by atoms with Gasteiger partial charge in [0, 0.05) is 17.4 Å². The van der Waals surface area contributed by atoms with Gasteiger partial charge in [-0.25, -0.2) is 0 Å². The first-order valence-corrected chi connectivity index (χ1v) is 3.33. The highest BCUT2D eigenvalue weighted by atomic mass is 35.5. The summed E-state index contributed by atoms with van der Waals surface area (Å²) in [5.41, 5.74) is 0. The van der Waals surface area contributed by atoms with Crippen LogP contribution >= 0.6 is 11.6 Å². The van der Waals surface area contributed by atoms with Crippen LogP contribution in [0.2, 0.25) is 5.02 Å². The van der Waals surface area contributed by atoms with E-state index in [1.54, 1.807) is 24.5 Å². The van der Waals surface area contributed by atoms with E-state index in [1.165, 1.54) is 0 Å². The molecule has 9 heavy (non-hydrogen) atoms. The summed E-state index contributed by atoms with van der Waals surface area (Å²) in [6, 6.07) is 3.48. The highest BCUT2D eigenvalue weighted by Gasteiger charge is 1.75. The average Bonchev–Trinajstić information content (AvgIpc) is 1.94. The molecule has 0 saturated carbocycles. The van der Waals surface area contributed by atoms with Gasteiger partial charge in [-0.15, -0.1) is 0 Å². The van der Waals surface area contributed by atoms with Gasteiger partial charge in [0.15, 0.2) is 0 Å². The van der Waals surface area contributed by atoms with E-state index >= 15 is 0 Å². The zero-order chi connectivity index (χ0) is 7.11. The van der Waals surface area contributed by atoms with Crippen LogP contribution in [-0.4, -0.2) is 4.98 Å². The number of aromatic nitrogens is 1. The summed E-state index contributed by atoms with van der Waals surface area (Å²) in [7, 11) is 0. The van der Waals surface area contributed by atoms with Gasteiger partial charge < -0.3 is 0 Å². The fourth-order valence-electron chi connectivity index (χ4n) is 0.334. The van der Waals surface area contributed by atoms with Crippen LogP contribution in [0.25, 0.3) is 0 Å². The van der Waals surface area contributed by atoms with E-state index in [0.29, 0.717) is 0 Å². The number of rotatable bonds is 0. The molecule has 0 spiro atoms. The van der Waals surface area contributed by atoms with Crippen molar-refractivity contribution in [3.63, 3.8) is 0 Å². The lowest BCUT2D eigenvalue weighted by atomic mass is 10.5. The first-order valence-electron chi connectivity index (χ1n) is 2.95. The van der Waals surface area contributed by atoms with Gasteiger partial charge in [0.25, 0.3) is 0 Å². The van der Waals surface area contributed by atoms with Crippen LogP contribution in [-0.2, 0) is 0 Å². The van der Waals surface area contributed by atoms with Gasteiger partial charge in [0.1, 0.15) is 0 Å². The molecule has 0 atom stereocenters. The van der Waals surface area contributed by atoms with Crippen molar-refractivity contribution in [1.82, 2.24) is 4.98 Å². The smallest absolute Gasteiger partial charge is 0.0436 e. The van der Waals surface area contributed by atoms with E-state index in [4.69, 9.17) is 11.6 Å². The van der Waals surface area contributed by atoms with Gasteiger partial charge in [0.05, 0.1) is 0 Å². The Morgan fingerprint density at radius 3 is 1.89 bits per heavy atom. The van der Waals surface area contributed by atoms with Gasteiger partial charge in [-0.3, -0.25) is 4.98 Å². The van der Waals surface area contributed by atoms with Crippen LogP contribution < -0.4 is 0 Å².